The smallest absolute Gasteiger partial charge is 0.343 e. The number of rotatable bonds is 5. The summed E-state index contributed by atoms with van der Waals surface area (Å²) in [6.45, 7) is 4.01. The van der Waals surface area contributed by atoms with Crippen molar-refractivity contribution in [3.05, 3.63) is 92.2 Å². The molecule has 0 atom stereocenters. The molecular weight excluding hydrogens is 456 g/mol. The van der Waals surface area contributed by atoms with Gasteiger partial charge in [-0.15, -0.1) is 10.2 Å². The second-order valence-corrected chi connectivity index (χ2v) is 8.46. The third-order valence-corrected chi connectivity index (χ3v) is 6.13. The maximum absolute atomic E-state index is 12.9. The van der Waals surface area contributed by atoms with Gasteiger partial charge in [-0.05, 0) is 31.5 Å². The van der Waals surface area contributed by atoms with Gasteiger partial charge in [0.25, 0.3) is 5.56 Å². The van der Waals surface area contributed by atoms with E-state index in [1.807, 2.05) is 37.3 Å². The number of halogens is 1. The molecule has 0 saturated carbocycles. The van der Waals surface area contributed by atoms with Crippen molar-refractivity contribution in [2.75, 3.05) is 0 Å². The maximum Gasteiger partial charge on any atom is 0.343 e. The maximum atomic E-state index is 12.9. The Labute approximate surface area is 199 Å². The van der Waals surface area contributed by atoms with Crippen LogP contribution in [0.4, 0.5) is 0 Å². The number of benzene rings is 2. The lowest BCUT2D eigenvalue weighted by Gasteiger charge is -2.08. The molecule has 0 saturated heterocycles. The molecule has 0 aliphatic heterocycles. The summed E-state index contributed by atoms with van der Waals surface area (Å²) in [6, 6.07) is 15.2. The van der Waals surface area contributed by atoms with Crippen LogP contribution in [0.15, 0.2) is 53.3 Å². The Hall–Kier alpha value is -3.98. The van der Waals surface area contributed by atoms with E-state index in [0.29, 0.717) is 34.7 Å². The second-order valence-electron chi connectivity index (χ2n) is 8.10. The van der Waals surface area contributed by atoms with Crippen LogP contribution in [-0.4, -0.2) is 34.9 Å². The van der Waals surface area contributed by atoms with E-state index in [1.54, 1.807) is 41.3 Å². The highest BCUT2D eigenvalue weighted by atomic mass is 35.5. The summed E-state index contributed by atoms with van der Waals surface area (Å²) < 4.78 is 10.3. The molecule has 0 bridgehead atoms. The summed E-state index contributed by atoms with van der Waals surface area (Å²) in [7, 11) is 1.63. The standard InChI is InChI=1S/C24H21ClN6O3/c1-14-8-10-16(11-9-14)12-30-21(25)20(15(2)28-30)23(33)34-13-19-26-27-24-29(3)22(32)17-6-4-5-7-18(17)31(19)24/h4-11H,12-13H2,1-3H3. The summed E-state index contributed by atoms with van der Waals surface area (Å²) in [5, 5.41) is 13.4. The summed E-state index contributed by atoms with van der Waals surface area (Å²) >= 11 is 6.51. The van der Waals surface area contributed by atoms with Gasteiger partial charge in [0.05, 0.1) is 23.1 Å². The molecule has 10 heteroatoms. The average Bonchev–Trinajstić information content (AvgIpc) is 3.38. The zero-order valence-electron chi connectivity index (χ0n) is 18.8. The molecule has 0 aliphatic carbocycles. The van der Waals surface area contributed by atoms with E-state index >= 15 is 0 Å². The van der Waals surface area contributed by atoms with Gasteiger partial charge in [-0.2, -0.15) is 5.10 Å². The molecule has 0 fully saturated rings. The van der Waals surface area contributed by atoms with E-state index in [4.69, 9.17) is 16.3 Å². The van der Waals surface area contributed by atoms with Gasteiger partial charge in [0.1, 0.15) is 10.7 Å². The second kappa shape index (κ2) is 8.42. The van der Waals surface area contributed by atoms with Crippen molar-refractivity contribution in [1.82, 2.24) is 28.9 Å². The Balaban J connectivity index is 1.43. The van der Waals surface area contributed by atoms with Crippen LogP contribution in [0.5, 0.6) is 0 Å². The van der Waals surface area contributed by atoms with Gasteiger partial charge >= 0.3 is 5.97 Å². The van der Waals surface area contributed by atoms with Gasteiger partial charge in [-0.1, -0.05) is 53.6 Å². The Morgan fingerprint density at radius 2 is 1.79 bits per heavy atom. The third-order valence-electron chi connectivity index (χ3n) is 5.75. The fraction of sp³-hybridized carbons (Fsp3) is 0.208. The van der Waals surface area contributed by atoms with Crippen LogP contribution in [0.25, 0.3) is 16.7 Å². The van der Waals surface area contributed by atoms with Crippen LogP contribution in [0, 0.1) is 13.8 Å². The predicted octanol–water partition coefficient (Wildman–Crippen LogP) is 3.45. The number of hydrogen-bond acceptors (Lipinski definition) is 6. The van der Waals surface area contributed by atoms with Crippen molar-refractivity contribution in [3.8, 4) is 0 Å². The first-order chi connectivity index (χ1) is 16.3. The number of carbonyl (C=O) groups is 1. The number of hydrogen-bond donors (Lipinski definition) is 0. The number of para-hydroxylation sites is 1. The highest BCUT2D eigenvalue weighted by Gasteiger charge is 2.23. The molecule has 5 rings (SSSR count). The number of aryl methyl sites for hydroxylation is 3. The lowest BCUT2D eigenvalue weighted by atomic mass is 10.1. The quantitative estimate of drug-likeness (QED) is 0.360. The Bertz CT molecular complexity index is 1610. The van der Waals surface area contributed by atoms with Gasteiger partial charge < -0.3 is 4.74 Å². The summed E-state index contributed by atoms with van der Waals surface area (Å²) in [4.78, 5) is 25.5. The van der Waals surface area contributed by atoms with Crippen LogP contribution >= 0.6 is 11.6 Å². The molecule has 0 aliphatic rings. The summed E-state index contributed by atoms with van der Waals surface area (Å²) in [5.74, 6) is 0.134. The number of ether oxygens (including phenoxy) is 1. The Morgan fingerprint density at radius 3 is 2.56 bits per heavy atom. The number of fused-ring (bicyclic) bond motifs is 3. The van der Waals surface area contributed by atoms with Crippen LogP contribution in [0.2, 0.25) is 5.15 Å². The number of carbonyl (C=O) groups excluding carboxylic acids is 1. The number of nitrogens with zero attached hydrogens (tertiary/aromatic N) is 6. The minimum Gasteiger partial charge on any atom is -0.454 e. The summed E-state index contributed by atoms with van der Waals surface area (Å²) in [5.41, 5.74) is 3.31. The van der Waals surface area contributed by atoms with Crippen molar-refractivity contribution < 1.29 is 9.53 Å². The number of esters is 1. The van der Waals surface area contributed by atoms with Crippen molar-refractivity contribution in [2.24, 2.45) is 7.05 Å². The minimum absolute atomic E-state index is 0.152. The molecule has 0 unspecified atom stereocenters. The van der Waals surface area contributed by atoms with Crippen molar-refractivity contribution in [3.63, 3.8) is 0 Å². The molecule has 172 valence electrons. The van der Waals surface area contributed by atoms with E-state index in [0.717, 1.165) is 11.1 Å². The van der Waals surface area contributed by atoms with E-state index in [1.165, 1.54) is 4.57 Å². The topological polar surface area (TPSA) is 96.3 Å². The van der Waals surface area contributed by atoms with Gasteiger partial charge in [0.15, 0.2) is 12.4 Å². The fourth-order valence-electron chi connectivity index (χ4n) is 3.94. The fourth-order valence-corrected chi connectivity index (χ4v) is 4.26. The van der Waals surface area contributed by atoms with Crippen molar-refractivity contribution in [2.45, 2.75) is 27.0 Å². The van der Waals surface area contributed by atoms with Gasteiger partial charge in [-0.25, -0.2) is 9.48 Å². The molecule has 9 nitrogen and oxygen atoms in total. The highest BCUT2D eigenvalue weighted by Crippen LogP contribution is 2.23. The molecule has 0 amide bonds. The van der Waals surface area contributed by atoms with E-state index in [2.05, 4.69) is 15.3 Å². The molecule has 5 aromatic rings. The van der Waals surface area contributed by atoms with Crippen LogP contribution in [0.1, 0.15) is 33.0 Å². The molecule has 0 N–H and O–H groups in total. The first kappa shape index (κ1) is 21.8. The molecule has 0 spiro atoms. The van der Waals surface area contributed by atoms with Crippen molar-refractivity contribution in [1.29, 1.82) is 0 Å². The zero-order valence-corrected chi connectivity index (χ0v) is 19.6. The highest BCUT2D eigenvalue weighted by molar-refractivity contribution is 6.32. The molecule has 2 aromatic carbocycles. The molecule has 34 heavy (non-hydrogen) atoms. The van der Waals surface area contributed by atoms with Crippen LogP contribution in [-0.2, 0) is 24.9 Å². The van der Waals surface area contributed by atoms with Gasteiger partial charge in [0.2, 0.25) is 5.78 Å². The SMILES string of the molecule is Cc1ccc(Cn2nc(C)c(C(=O)OCc3nnc4n(C)c(=O)c5ccccc5n34)c2Cl)cc1. The first-order valence-electron chi connectivity index (χ1n) is 10.6. The van der Waals surface area contributed by atoms with Crippen LogP contribution < -0.4 is 5.56 Å². The molecule has 3 aromatic heterocycles. The largest absolute Gasteiger partial charge is 0.454 e. The van der Waals surface area contributed by atoms with Gasteiger partial charge in [-0.3, -0.25) is 13.8 Å². The third kappa shape index (κ3) is 3.63. The average molecular weight is 477 g/mol. The van der Waals surface area contributed by atoms with E-state index in [9.17, 15) is 9.59 Å². The molecule has 0 radical (unpaired) electrons. The van der Waals surface area contributed by atoms with Crippen LogP contribution in [0.3, 0.4) is 0 Å². The monoisotopic (exact) mass is 476 g/mol. The normalized spacial score (nSPS) is 11.4. The van der Waals surface area contributed by atoms with E-state index < -0.39 is 5.97 Å². The molecular formula is C24H21ClN6O3. The minimum atomic E-state index is -0.608. The Kier molecular flexibility index (Phi) is 5.41. The molecule has 3 heterocycles. The predicted molar refractivity (Wildman–Crippen MR) is 127 cm³/mol. The van der Waals surface area contributed by atoms with E-state index in [-0.39, 0.29) is 22.9 Å². The Morgan fingerprint density at radius 1 is 1.06 bits per heavy atom. The first-order valence-corrected chi connectivity index (χ1v) is 11.0. The summed E-state index contributed by atoms with van der Waals surface area (Å²) in [6.07, 6.45) is 0. The zero-order chi connectivity index (χ0) is 24.0. The number of aromatic nitrogens is 6. The van der Waals surface area contributed by atoms with Gasteiger partial charge in [0, 0.05) is 7.05 Å². The lowest BCUT2D eigenvalue weighted by Crippen LogP contribution is -2.20. The van der Waals surface area contributed by atoms with Crippen molar-refractivity contribution >= 4 is 34.3 Å². The lowest BCUT2D eigenvalue weighted by molar-refractivity contribution is 0.0460.